The predicted octanol–water partition coefficient (Wildman–Crippen LogP) is -1.31. The minimum absolute atomic E-state index is 0.611. The van der Waals surface area contributed by atoms with Crippen molar-refractivity contribution in [2.45, 2.75) is 12.3 Å². The summed E-state index contributed by atoms with van der Waals surface area (Å²) in [5, 5.41) is 15.2. The van der Waals surface area contributed by atoms with E-state index in [1.165, 1.54) is 0 Å². The van der Waals surface area contributed by atoms with Gasteiger partial charge in [-0.15, -0.1) is 0 Å². The number of carbonyl (C=O) groups is 2. The van der Waals surface area contributed by atoms with Crippen molar-refractivity contribution >= 4 is 22.1 Å². The van der Waals surface area contributed by atoms with Crippen LogP contribution in [0.4, 0.5) is 0 Å². The van der Waals surface area contributed by atoms with Crippen molar-refractivity contribution in [3.8, 4) is 0 Å². The van der Waals surface area contributed by atoms with E-state index in [9.17, 15) is 18.0 Å². The predicted molar refractivity (Wildman–Crippen MR) is 47.9 cm³/mol. The highest BCUT2D eigenvalue weighted by molar-refractivity contribution is 7.86. The standard InChI is InChI=1S/C6H11NO7S/c1-4(15(12,13)14)7(2-5(8)9)3-6(10)11/h4H,2-3H2,1H3,(H,8,9)(H,10,11)(H,12,13,14). The van der Waals surface area contributed by atoms with Gasteiger partial charge >= 0.3 is 11.9 Å². The van der Waals surface area contributed by atoms with E-state index < -0.39 is 40.5 Å². The van der Waals surface area contributed by atoms with Gasteiger partial charge in [-0.1, -0.05) is 0 Å². The third-order valence-corrected chi connectivity index (χ3v) is 2.78. The van der Waals surface area contributed by atoms with Crippen molar-refractivity contribution in [3.05, 3.63) is 0 Å². The Balaban J connectivity index is 4.77. The highest BCUT2D eigenvalue weighted by atomic mass is 32.2. The zero-order valence-corrected chi connectivity index (χ0v) is 8.64. The van der Waals surface area contributed by atoms with Crippen LogP contribution in [0.2, 0.25) is 0 Å². The lowest BCUT2D eigenvalue weighted by molar-refractivity contribution is -0.142. The van der Waals surface area contributed by atoms with E-state index in [-0.39, 0.29) is 0 Å². The maximum atomic E-state index is 10.7. The first kappa shape index (κ1) is 13.8. The van der Waals surface area contributed by atoms with Crippen LogP contribution in [0, 0.1) is 0 Å². The van der Waals surface area contributed by atoms with Crippen LogP contribution < -0.4 is 0 Å². The molecule has 0 fully saturated rings. The van der Waals surface area contributed by atoms with E-state index in [0.29, 0.717) is 4.90 Å². The zero-order chi connectivity index (χ0) is 12.2. The fourth-order valence-corrected chi connectivity index (χ4v) is 1.37. The maximum absolute atomic E-state index is 10.7. The minimum Gasteiger partial charge on any atom is -0.480 e. The first-order chi connectivity index (χ1) is 6.64. The molecule has 0 amide bonds. The van der Waals surface area contributed by atoms with E-state index in [4.69, 9.17) is 14.8 Å². The molecule has 0 rings (SSSR count). The van der Waals surface area contributed by atoms with Crippen molar-refractivity contribution in [1.82, 2.24) is 4.90 Å². The van der Waals surface area contributed by atoms with Gasteiger partial charge in [-0.2, -0.15) is 8.42 Å². The second-order valence-corrected chi connectivity index (χ2v) is 4.52. The van der Waals surface area contributed by atoms with Crippen LogP contribution >= 0.6 is 0 Å². The molecule has 0 aliphatic rings. The highest BCUT2D eigenvalue weighted by Gasteiger charge is 2.28. The van der Waals surface area contributed by atoms with Gasteiger partial charge in [0.25, 0.3) is 10.1 Å². The summed E-state index contributed by atoms with van der Waals surface area (Å²) in [4.78, 5) is 21.2. The van der Waals surface area contributed by atoms with Crippen LogP contribution in [-0.4, -0.2) is 58.5 Å². The number of hydrogen-bond acceptors (Lipinski definition) is 5. The van der Waals surface area contributed by atoms with Crippen LogP contribution in [0.5, 0.6) is 0 Å². The monoisotopic (exact) mass is 241 g/mol. The summed E-state index contributed by atoms with van der Waals surface area (Å²) in [6.07, 6.45) is 0. The molecule has 0 heterocycles. The summed E-state index contributed by atoms with van der Waals surface area (Å²) < 4.78 is 30.0. The normalized spacial score (nSPS) is 13.8. The van der Waals surface area contributed by atoms with Crippen LogP contribution in [0.1, 0.15) is 6.92 Å². The summed E-state index contributed by atoms with van der Waals surface area (Å²) in [5.74, 6) is -2.77. The quantitative estimate of drug-likeness (QED) is 0.488. The molecule has 1 unspecified atom stereocenters. The number of nitrogens with zero attached hydrogens (tertiary/aromatic N) is 1. The largest absolute Gasteiger partial charge is 0.480 e. The van der Waals surface area contributed by atoms with Gasteiger partial charge in [-0.3, -0.25) is 19.0 Å². The van der Waals surface area contributed by atoms with E-state index in [1.807, 2.05) is 0 Å². The average Bonchev–Trinajstić information content (AvgIpc) is 1.98. The Morgan fingerprint density at radius 1 is 1.20 bits per heavy atom. The lowest BCUT2D eigenvalue weighted by Gasteiger charge is -2.22. The summed E-state index contributed by atoms with van der Waals surface area (Å²) in [6.45, 7) is -0.568. The first-order valence-electron chi connectivity index (χ1n) is 3.78. The molecule has 0 aromatic carbocycles. The SMILES string of the molecule is CC(N(CC(=O)O)CC(=O)O)S(=O)(=O)O. The molecule has 0 saturated carbocycles. The Hall–Kier alpha value is -1.19. The van der Waals surface area contributed by atoms with Crippen molar-refractivity contribution in [1.29, 1.82) is 0 Å². The van der Waals surface area contributed by atoms with Gasteiger partial charge < -0.3 is 10.2 Å². The van der Waals surface area contributed by atoms with Gasteiger partial charge in [-0.25, -0.2) is 0 Å². The topological polar surface area (TPSA) is 132 Å². The summed E-state index contributed by atoms with van der Waals surface area (Å²) in [5.41, 5.74) is 0. The van der Waals surface area contributed by atoms with Crippen LogP contribution in [0.3, 0.4) is 0 Å². The molecular formula is C6H11NO7S. The molecule has 0 aliphatic heterocycles. The number of aliphatic carboxylic acids is 2. The number of hydrogen-bond donors (Lipinski definition) is 3. The van der Waals surface area contributed by atoms with Crippen LogP contribution in [-0.2, 0) is 19.7 Å². The fraction of sp³-hybridized carbons (Fsp3) is 0.667. The molecule has 0 spiro atoms. The molecule has 0 radical (unpaired) electrons. The van der Waals surface area contributed by atoms with E-state index in [1.54, 1.807) is 0 Å². The second-order valence-electron chi connectivity index (χ2n) is 2.81. The fourth-order valence-electron chi connectivity index (χ4n) is 0.849. The molecular weight excluding hydrogens is 230 g/mol. The maximum Gasteiger partial charge on any atom is 0.317 e. The first-order valence-corrected chi connectivity index (χ1v) is 5.29. The van der Waals surface area contributed by atoms with Gasteiger partial charge in [0.15, 0.2) is 0 Å². The summed E-state index contributed by atoms with van der Waals surface area (Å²) in [7, 11) is -4.49. The Morgan fingerprint density at radius 3 is 1.73 bits per heavy atom. The summed E-state index contributed by atoms with van der Waals surface area (Å²) >= 11 is 0. The van der Waals surface area contributed by atoms with E-state index >= 15 is 0 Å². The molecule has 0 aromatic heterocycles. The van der Waals surface area contributed by atoms with Crippen LogP contribution in [0.15, 0.2) is 0 Å². The molecule has 0 bridgehead atoms. The van der Waals surface area contributed by atoms with Gasteiger partial charge in [0.1, 0.15) is 5.37 Å². The van der Waals surface area contributed by atoms with E-state index in [2.05, 4.69) is 0 Å². The van der Waals surface area contributed by atoms with Crippen LogP contribution in [0.25, 0.3) is 0 Å². The molecule has 0 aromatic rings. The number of rotatable bonds is 6. The molecule has 8 nitrogen and oxygen atoms in total. The van der Waals surface area contributed by atoms with Crippen molar-refractivity contribution < 1.29 is 32.8 Å². The molecule has 0 saturated heterocycles. The third-order valence-electron chi connectivity index (χ3n) is 1.62. The Bertz CT molecular complexity index is 332. The molecule has 3 N–H and O–H groups in total. The highest BCUT2D eigenvalue weighted by Crippen LogP contribution is 2.05. The van der Waals surface area contributed by atoms with Crippen molar-refractivity contribution in [3.63, 3.8) is 0 Å². The smallest absolute Gasteiger partial charge is 0.317 e. The van der Waals surface area contributed by atoms with Gasteiger partial charge in [-0.05, 0) is 6.92 Å². The molecule has 15 heavy (non-hydrogen) atoms. The van der Waals surface area contributed by atoms with Crippen molar-refractivity contribution in [2.75, 3.05) is 13.1 Å². The molecule has 88 valence electrons. The lowest BCUT2D eigenvalue weighted by Crippen LogP contribution is -2.44. The Labute approximate surface area is 85.9 Å². The minimum atomic E-state index is -4.49. The number of carboxylic acids is 2. The van der Waals surface area contributed by atoms with Gasteiger partial charge in [0, 0.05) is 0 Å². The van der Waals surface area contributed by atoms with E-state index in [0.717, 1.165) is 6.92 Å². The Morgan fingerprint density at radius 2 is 1.53 bits per heavy atom. The van der Waals surface area contributed by atoms with Gasteiger partial charge in [0.2, 0.25) is 0 Å². The molecule has 1 atom stereocenters. The lowest BCUT2D eigenvalue weighted by atomic mass is 10.4. The average molecular weight is 241 g/mol. The molecule has 9 heteroatoms. The summed E-state index contributed by atoms with van der Waals surface area (Å²) in [6, 6.07) is 0. The third kappa shape index (κ3) is 5.30. The Kier molecular flexibility index (Phi) is 4.65. The zero-order valence-electron chi connectivity index (χ0n) is 7.82. The van der Waals surface area contributed by atoms with Crippen molar-refractivity contribution in [2.24, 2.45) is 0 Å². The van der Waals surface area contributed by atoms with Gasteiger partial charge in [0.05, 0.1) is 13.1 Å². The molecule has 0 aliphatic carbocycles. The second kappa shape index (κ2) is 5.05. The number of carboxylic acid groups (broad SMARTS) is 2.